The van der Waals surface area contributed by atoms with Crippen LogP contribution in [-0.2, 0) is 4.79 Å². The van der Waals surface area contributed by atoms with E-state index in [9.17, 15) is 4.79 Å². The highest BCUT2D eigenvalue weighted by atomic mass is 32.2. The van der Waals surface area contributed by atoms with Crippen molar-refractivity contribution in [3.63, 3.8) is 0 Å². The Balaban J connectivity index is 2.05. The van der Waals surface area contributed by atoms with Gasteiger partial charge in [-0.3, -0.25) is 4.79 Å². The molecular formula is C17H25NOS. The van der Waals surface area contributed by atoms with Crippen molar-refractivity contribution in [2.24, 2.45) is 5.41 Å². The van der Waals surface area contributed by atoms with Crippen molar-refractivity contribution >= 4 is 17.7 Å². The molecule has 0 aliphatic heterocycles. The fraction of sp³-hybridized carbons (Fsp3) is 0.588. The van der Waals surface area contributed by atoms with E-state index in [4.69, 9.17) is 0 Å². The third-order valence-electron chi connectivity index (χ3n) is 4.02. The minimum absolute atomic E-state index is 0.185. The van der Waals surface area contributed by atoms with Gasteiger partial charge in [0.25, 0.3) is 0 Å². The van der Waals surface area contributed by atoms with E-state index >= 15 is 0 Å². The largest absolute Gasteiger partial charge is 0.337 e. The van der Waals surface area contributed by atoms with Gasteiger partial charge in [-0.05, 0) is 53.2 Å². The zero-order valence-electron chi connectivity index (χ0n) is 13.1. The zero-order valence-corrected chi connectivity index (χ0v) is 13.9. The van der Waals surface area contributed by atoms with E-state index in [2.05, 4.69) is 58.9 Å². The van der Waals surface area contributed by atoms with Gasteiger partial charge in [-0.15, -0.1) is 11.8 Å². The van der Waals surface area contributed by atoms with Crippen LogP contribution in [-0.4, -0.2) is 28.1 Å². The molecule has 1 aromatic rings. The molecule has 0 N–H and O–H groups in total. The number of hydrogen-bond acceptors (Lipinski definition) is 2. The van der Waals surface area contributed by atoms with E-state index in [-0.39, 0.29) is 17.5 Å². The van der Waals surface area contributed by atoms with Gasteiger partial charge in [0.1, 0.15) is 0 Å². The van der Waals surface area contributed by atoms with Crippen LogP contribution in [0, 0.1) is 5.41 Å². The summed E-state index contributed by atoms with van der Waals surface area (Å²) in [6.45, 7) is 10.5. The van der Waals surface area contributed by atoms with E-state index in [1.54, 1.807) is 0 Å². The first-order valence-electron chi connectivity index (χ1n) is 7.40. The van der Waals surface area contributed by atoms with Gasteiger partial charge in [0, 0.05) is 22.2 Å². The van der Waals surface area contributed by atoms with Crippen molar-refractivity contribution in [3.8, 4) is 0 Å². The second-order valence-electron chi connectivity index (χ2n) is 6.44. The van der Waals surface area contributed by atoms with Gasteiger partial charge >= 0.3 is 0 Å². The maximum Gasteiger partial charge on any atom is 0.230 e. The van der Waals surface area contributed by atoms with Crippen molar-refractivity contribution < 1.29 is 4.79 Å². The predicted molar refractivity (Wildman–Crippen MR) is 85.9 cm³/mol. The molecule has 1 amide bonds. The molecular weight excluding hydrogens is 266 g/mol. The summed E-state index contributed by atoms with van der Waals surface area (Å²) >= 11 is 1.84. The number of benzene rings is 1. The maximum absolute atomic E-state index is 12.8. The number of thioether (sulfide) groups is 1. The maximum atomic E-state index is 12.8. The minimum atomic E-state index is -0.185. The summed E-state index contributed by atoms with van der Waals surface area (Å²) in [5, 5.41) is 0.414. The summed E-state index contributed by atoms with van der Waals surface area (Å²) in [6.07, 6.45) is 0.987. The van der Waals surface area contributed by atoms with Crippen LogP contribution in [0.1, 0.15) is 41.0 Å². The number of nitrogens with zero attached hydrogens (tertiary/aromatic N) is 1. The highest BCUT2D eigenvalue weighted by Crippen LogP contribution is 2.56. The molecule has 2 nitrogen and oxygen atoms in total. The first-order valence-corrected chi connectivity index (χ1v) is 8.28. The van der Waals surface area contributed by atoms with Gasteiger partial charge in [0.15, 0.2) is 0 Å². The molecule has 1 aliphatic carbocycles. The average molecular weight is 291 g/mol. The number of rotatable bonds is 5. The summed E-state index contributed by atoms with van der Waals surface area (Å²) in [5.74, 6) is 0.316. The van der Waals surface area contributed by atoms with Crippen LogP contribution < -0.4 is 0 Å². The topological polar surface area (TPSA) is 20.3 Å². The molecule has 110 valence electrons. The van der Waals surface area contributed by atoms with Crippen LogP contribution in [0.4, 0.5) is 0 Å². The average Bonchev–Trinajstić information content (AvgIpc) is 3.01. The zero-order chi connectivity index (χ0) is 14.9. The molecule has 0 bridgehead atoms. The molecule has 0 spiro atoms. The van der Waals surface area contributed by atoms with Crippen LogP contribution in [0.5, 0.6) is 0 Å². The Bertz CT molecular complexity index is 463. The molecule has 1 fully saturated rings. The Hall–Kier alpha value is -0.960. The summed E-state index contributed by atoms with van der Waals surface area (Å²) in [7, 11) is 0. The number of amides is 1. The van der Waals surface area contributed by atoms with Crippen molar-refractivity contribution in [2.45, 2.75) is 63.3 Å². The third-order valence-corrected chi connectivity index (χ3v) is 5.53. The Morgan fingerprint density at radius 1 is 1.20 bits per heavy atom. The summed E-state index contributed by atoms with van der Waals surface area (Å²) in [5.41, 5.74) is -0.185. The summed E-state index contributed by atoms with van der Waals surface area (Å²) < 4.78 is 0. The van der Waals surface area contributed by atoms with Gasteiger partial charge in [-0.2, -0.15) is 0 Å². The quantitative estimate of drug-likeness (QED) is 0.810. The Morgan fingerprint density at radius 3 is 2.25 bits per heavy atom. The molecule has 0 saturated heterocycles. The van der Waals surface area contributed by atoms with E-state index in [1.807, 2.05) is 22.7 Å². The molecule has 2 rings (SSSR count). The predicted octanol–water partition coefficient (Wildman–Crippen LogP) is 4.20. The molecule has 20 heavy (non-hydrogen) atoms. The Kier molecular flexibility index (Phi) is 4.48. The molecule has 1 saturated carbocycles. The second-order valence-corrected chi connectivity index (χ2v) is 7.72. The van der Waals surface area contributed by atoms with Crippen LogP contribution in [0.15, 0.2) is 35.2 Å². The summed E-state index contributed by atoms with van der Waals surface area (Å²) in [6, 6.07) is 10.9. The molecule has 0 heterocycles. The number of hydrogen-bond donors (Lipinski definition) is 0. The van der Waals surface area contributed by atoms with Crippen molar-refractivity contribution in [2.75, 3.05) is 0 Å². The second kappa shape index (κ2) is 5.80. The first-order chi connectivity index (χ1) is 9.36. The first kappa shape index (κ1) is 15.4. The van der Waals surface area contributed by atoms with E-state index in [0.29, 0.717) is 11.2 Å². The van der Waals surface area contributed by atoms with Gasteiger partial charge in [0.2, 0.25) is 5.91 Å². The van der Waals surface area contributed by atoms with Crippen LogP contribution in [0.2, 0.25) is 0 Å². The van der Waals surface area contributed by atoms with Gasteiger partial charge in [-0.25, -0.2) is 0 Å². The van der Waals surface area contributed by atoms with Crippen molar-refractivity contribution in [1.29, 1.82) is 0 Å². The van der Waals surface area contributed by atoms with Crippen molar-refractivity contribution in [3.05, 3.63) is 30.3 Å². The molecule has 0 unspecified atom stereocenters. The highest BCUT2D eigenvalue weighted by molar-refractivity contribution is 8.00. The van der Waals surface area contributed by atoms with E-state index < -0.39 is 0 Å². The third kappa shape index (κ3) is 3.03. The normalized spacial score (nSPS) is 25.1. The fourth-order valence-electron chi connectivity index (χ4n) is 2.75. The van der Waals surface area contributed by atoms with E-state index in [1.165, 1.54) is 4.90 Å². The lowest BCUT2D eigenvalue weighted by Crippen LogP contribution is -2.46. The van der Waals surface area contributed by atoms with Crippen LogP contribution in [0.25, 0.3) is 0 Å². The fourth-order valence-corrected chi connectivity index (χ4v) is 4.18. The molecule has 3 heteroatoms. The smallest absolute Gasteiger partial charge is 0.230 e. The van der Waals surface area contributed by atoms with E-state index in [0.717, 1.165) is 6.42 Å². The van der Waals surface area contributed by atoms with Gasteiger partial charge in [-0.1, -0.05) is 18.2 Å². The lowest BCUT2D eigenvalue weighted by Gasteiger charge is -2.33. The van der Waals surface area contributed by atoms with Gasteiger partial charge < -0.3 is 4.90 Å². The molecule has 0 radical (unpaired) electrons. The number of carbonyl (C=O) groups excluding carboxylic acids is 1. The minimum Gasteiger partial charge on any atom is -0.337 e. The summed E-state index contributed by atoms with van der Waals surface area (Å²) in [4.78, 5) is 16.1. The SMILES string of the molecule is CC(C)N(C(=O)[C@]1(C)C[C@@H]1Sc1ccccc1)C(C)C. The number of carbonyl (C=O) groups is 1. The Morgan fingerprint density at radius 2 is 1.75 bits per heavy atom. The standard InChI is InChI=1S/C17H25NOS/c1-12(2)18(13(3)4)16(19)17(5)11-15(17)20-14-9-7-6-8-10-14/h6-10,12-13,15H,11H2,1-5H3/t15-,17+/m0/s1. The molecule has 2 atom stereocenters. The van der Waals surface area contributed by atoms with Crippen LogP contribution >= 0.6 is 11.8 Å². The lowest BCUT2D eigenvalue weighted by atomic mass is 10.1. The molecule has 0 aromatic heterocycles. The van der Waals surface area contributed by atoms with Crippen LogP contribution in [0.3, 0.4) is 0 Å². The highest BCUT2D eigenvalue weighted by Gasteiger charge is 2.58. The van der Waals surface area contributed by atoms with Crippen molar-refractivity contribution in [1.82, 2.24) is 4.90 Å². The molecule has 1 aliphatic rings. The Labute approximate surface area is 126 Å². The van der Waals surface area contributed by atoms with Gasteiger partial charge in [0.05, 0.1) is 5.41 Å². The monoisotopic (exact) mass is 291 g/mol. The lowest BCUT2D eigenvalue weighted by molar-refractivity contribution is -0.140. The molecule has 1 aromatic carbocycles.